The third-order valence-electron chi connectivity index (χ3n) is 11.7. The lowest BCUT2D eigenvalue weighted by Crippen LogP contribution is -3.12. The van der Waals surface area contributed by atoms with E-state index in [1.807, 2.05) is 14.7 Å². The number of unbranched alkanes of at least 4 members (excludes halogenated alkanes) is 9. The van der Waals surface area contributed by atoms with Crippen LogP contribution in [0, 0.1) is 0 Å². The lowest BCUT2D eigenvalue weighted by molar-refractivity contribution is -0.900. The lowest BCUT2D eigenvalue weighted by atomic mass is 10.2. The Morgan fingerprint density at radius 3 is 1.36 bits per heavy atom. The Labute approximate surface area is 420 Å². The van der Waals surface area contributed by atoms with Crippen LogP contribution in [0.5, 0.6) is 0 Å². The first-order chi connectivity index (χ1) is 33.2. The highest BCUT2D eigenvalue weighted by atomic mass is 31.3. The van der Waals surface area contributed by atoms with Crippen molar-refractivity contribution < 1.29 is 71.0 Å². The number of imidazole rings is 1. The molecule has 3 rings (SSSR count). The van der Waals surface area contributed by atoms with Crippen molar-refractivity contribution in [3.63, 3.8) is 0 Å². The van der Waals surface area contributed by atoms with Gasteiger partial charge in [0.05, 0.1) is 77.9 Å². The molecule has 1 fully saturated rings. The number of ether oxygens (including phenoxy) is 1. The van der Waals surface area contributed by atoms with Gasteiger partial charge in [-0.1, -0.05) is 120 Å². The van der Waals surface area contributed by atoms with E-state index in [4.69, 9.17) is 15.4 Å². The first-order valence-electron chi connectivity index (χ1n) is 26.5. The van der Waals surface area contributed by atoms with Gasteiger partial charge in [0, 0.05) is 6.42 Å². The highest BCUT2D eigenvalue weighted by Crippen LogP contribution is 2.61. The fourth-order valence-corrected chi connectivity index (χ4v) is 10.5. The summed E-state index contributed by atoms with van der Waals surface area (Å²) in [6.45, 7) is 32.2. The second-order valence-electron chi connectivity index (χ2n) is 18.2. The summed E-state index contributed by atoms with van der Waals surface area (Å²) in [5.74, 6) is -0.211. The molecule has 2 aromatic heterocycles. The lowest BCUT2D eigenvalue weighted by Gasteiger charge is -2.33. The standard InChI is InChI=1S/3C12H27N.C10H16N5O13P3/c3*1-4-7-10-13(11-8-5-2)12-9-6-3;11-10-13-8-7(9(17)14-10)12-3-15(8)6-1-4(16)5(26-6)2-25-30(21,22)28-31(23,24)27-29(18,19)20/h3*4-12H2,1-3H3;3-6,16H,1-2H2,(H,21,22)(H,23,24)(H2,18,19,20)(H3,11,13,14,17)/t;;;4-,5+,6+/m...0/s1. The number of anilines is 1. The summed E-state index contributed by atoms with van der Waals surface area (Å²) >= 11 is 0. The topological polar surface area (TPSA) is 301 Å². The number of nitrogens with one attached hydrogen (secondary N) is 4. The molecule has 3 heterocycles. The number of fused-ring (bicyclic) bond motifs is 1. The number of H-pyrrole nitrogens is 1. The number of nitrogens with two attached hydrogens (primary N) is 1. The van der Waals surface area contributed by atoms with Crippen molar-refractivity contribution in [3.05, 3.63) is 16.7 Å². The normalized spacial score (nSPS) is 18.4. The number of aliphatic hydroxyl groups excluding tert-OH is 1. The molecule has 2 aromatic rings. The molecule has 0 radical (unpaired) electrons. The van der Waals surface area contributed by atoms with Gasteiger partial charge in [-0.3, -0.25) is 28.0 Å². The van der Waals surface area contributed by atoms with Crippen molar-refractivity contribution >= 4 is 40.6 Å². The Hall–Kier alpha value is -1.64. The average molecular weight is 1060 g/mol. The molecule has 414 valence electrons. The summed E-state index contributed by atoms with van der Waals surface area (Å²) in [6, 6.07) is 0. The fraction of sp³-hybridized carbons (Fsp3) is 0.891. The number of aliphatic hydroxyl groups is 1. The summed E-state index contributed by atoms with van der Waals surface area (Å²) in [5.41, 5.74) is 4.80. The van der Waals surface area contributed by atoms with Gasteiger partial charge in [-0.25, -0.2) is 13.6 Å². The van der Waals surface area contributed by atoms with E-state index < -0.39 is 54.1 Å². The predicted octanol–water partition coefficient (Wildman–Crippen LogP) is 3.61. The molecule has 0 aliphatic carbocycles. The van der Waals surface area contributed by atoms with Crippen LogP contribution in [0.3, 0.4) is 0 Å². The number of rotatable bonds is 35. The molecule has 1 saturated heterocycles. The predicted molar refractivity (Wildman–Crippen MR) is 271 cm³/mol. The average Bonchev–Trinajstić information content (AvgIpc) is 3.89. The Morgan fingerprint density at radius 1 is 0.671 bits per heavy atom. The van der Waals surface area contributed by atoms with Crippen LogP contribution in [0.1, 0.15) is 191 Å². The maximum absolute atomic E-state index is 11.8. The summed E-state index contributed by atoms with van der Waals surface area (Å²) < 4.78 is 50.8. The largest absolute Gasteiger partial charge is 0.756 e. The number of quaternary nitrogens is 3. The van der Waals surface area contributed by atoms with Crippen LogP contribution >= 0.6 is 23.5 Å². The number of phosphoric acid groups is 3. The van der Waals surface area contributed by atoms with Gasteiger partial charge in [-0.05, 0) is 57.8 Å². The molecule has 0 spiro atoms. The third kappa shape index (κ3) is 32.5. The van der Waals surface area contributed by atoms with E-state index >= 15 is 0 Å². The van der Waals surface area contributed by atoms with Crippen LogP contribution < -0.4 is 40.7 Å². The number of hydrogen-bond acceptors (Lipinski definition) is 15. The molecule has 0 amide bonds. The monoisotopic (exact) mass is 1060 g/mol. The van der Waals surface area contributed by atoms with Crippen LogP contribution in [0.25, 0.3) is 11.2 Å². The van der Waals surface area contributed by atoms with Crippen LogP contribution in [-0.4, -0.2) is 107 Å². The van der Waals surface area contributed by atoms with Gasteiger partial charge >= 0.3 is 0 Å². The van der Waals surface area contributed by atoms with Gasteiger partial charge in [0.2, 0.25) is 5.95 Å². The van der Waals surface area contributed by atoms with Crippen molar-refractivity contribution in [1.82, 2.24) is 19.5 Å². The molecule has 1 aliphatic rings. The van der Waals surface area contributed by atoms with Crippen molar-refractivity contribution in [2.45, 2.75) is 203 Å². The van der Waals surface area contributed by atoms with Crippen molar-refractivity contribution in [2.75, 3.05) is 71.2 Å². The molecular formula is C46H97N8O13P3. The zero-order valence-electron chi connectivity index (χ0n) is 44.5. The van der Waals surface area contributed by atoms with E-state index in [9.17, 15) is 38.3 Å². The first-order valence-corrected chi connectivity index (χ1v) is 30.9. The molecule has 8 N–H and O–H groups in total. The quantitative estimate of drug-likeness (QED) is 0.0485. The van der Waals surface area contributed by atoms with Crippen LogP contribution in [0.15, 0.2) is 11.1 Å². The third-order valence-corrected chi connectivity index (χ3v) is 15.4. The SMILES string of the molecule is CCCC[NH+](CCCC)CCCC.CCCC[NH+](CCCC)CCCC.CCCC[NH+](CCCC)CCCC.Nc1nc2c(ncn2[C@H]2C[C@H](O)[C@@H](COP(=O)([O-])OP(=O)([O-])OP(=O)([O-])O)O2)c(=O)[nH]1. The second kappa shape index (κ2) is 39.8. The summed E-state index contributed by atoms with van der Waals surface area (Å²) in [6.07, 6.45) is 22.2. The van der Waals surface area contributed by atoms with Gasteiger partial charge in [-0.15, -0.1) is 0 Å². The smallest absolute Gasteiger partial charge is 0.280 e. The molecule has 0 aromatic carbocycles. The summed E-state index contributed by atoms with van der Waals surface area (Å²) in [4.78, 5) is 68.8. The Kier molecular flexibility index (Phi) is 38.8. The van der Waals surface area contributed by atoms with E-state index in [0.717, 1.165) is 0 Å². The van der Waals surface area contributed by atoms with Gasteiger partial charge < -0.3 is 54.4 Å². The minimum absolute atomic E-state index is 0.0216. The molecule has 70 heavy (non-hydrogen) atoms. The van der Waals surface area contributed by atoms with E-state index in [1.165, 1.54) is 185 Å². The number of nitrogen functional groups attached to an aromatic ring is 1. The summed E-state index contributed by atoms with van der Waals surface area (Å²) in [5, 5.41) is 10.1. The molecule has 24 heteroatoms. The first kappa shape index (κ1) is 68.4. The van der Waals surface area contributed by atoms with Crippen molar-refractivity contribution in [2.24, 2.45) is 0 Å². The molecule has 0 saturated carbocycles. The zero-order chi connectivity index (χ0) is 53.0. The van der Waals surface area contributed by atoms with Gasteiger partial charge in [0.25, 0.3) is 29.0 Å². The minimum atomic E-state index is -6.05. The van der Waals surface area contributed by atoms with Crippen molar-refractivity contribution in [1.29, 1.82) is 0 Å². The fourth-order valence-electron chi connectivity index (χ4n) is 7.61. The van der Waals surface area contributed by atoms with Gasteiger partial charge in [0.15, 0.2) is 11.2 Å². The number of aromatic nitrogens is 4. The van der Waals surface area contributed by atoms with E-state index in [0.29, 0.717) is 0 Å². The Balaban J connectivity index is 0.00000102. The number of phosphoric ester groups is 1. The second-order valence-corrected chi connectivity index (χ2v) is 22.5. The molecule has 21 nitrogen and oxygen atoms in total. The van der Waals surface area contributed by atoms with Gasteiger partial charge in [0.1, 0.15) is 12.3 Å². The molecule has 0 bridgehead atoms. The Bertz CT molecular complexity index is 1690. The van der Waals surface area contributed by atoms with Crippen LogP contribution in [0.2, 0.25) is 0 Å². The highest BCUT2D eigenvalue weighted by molar-refractivity contribution is 7.65. The van der Waals surface area contributed by atoms with E-state index in [-0.39, 0.29) is 23.5 Å². The molecule has 3 unspecified atom stereocenters. The minimum Gasteiger partial charge on any atom is -0.756 e. The highest BCUT2D eigenvalue weighted by Gasteiger charge is 2.37. The van der Waals surface area contributed by atoms with Crippen LogP contribution in [0.4, 0.5) is 5.95 Å². The summed E-state index contributed by atoms with van der Waals surface area (Å²) in [7, 11) is -17.6. The molecule has 1 aliphatic heterocycles. The Morgan fingerprint density at radius 2 is 1.03 bits per heavy atom. The maximum atomic E-state index is 11.8. The number of aromatic amines is 1. The van der Waals surface area contributed by atoms with E-state index in [2.05, 4.69) is 90.4 Å². The van der Waals surface area contributed by atoms with Gasteiger partial charge in [-0.2, -0.15) is 4.98 Å². The zero-order valence-corrected chi connectivity index (χ0v) is 47.1. The van der Waals surface area contributed by atoms with Crippen molar-refractivity contribution in [3.8, 4) is 0 Å². The number of nitrogens with zero attached hydrogens (tertiary/aromatic N) is 3. The van der Waals surface area contributed by atoms with Crippen LogP contribution in [-0.2, 0) is 31.6 Å². The molecule has 6 atom stereocenters. The van der Waals surface area contributed by atoms with E-state index in [1.54, 1.807) is 0 Å². The molecular weight excluding hydrogens is 965 g/mol. The number of hydrogen-bond donors (Lipinski definition) is 7. The maximum Gasteiger partial charge on any atom is 0.280 e.